The Morgan fingerprint density at radius 3 is 2.32 bits per heavy atom. The lowest BCUT2D eigenvalue weighted by Gasteiger charge is -2.30. The summed E-state index contributed by atoms with van der Waals surface area (Å²) >= 11 is 0. The molecule has 1 aliphatic rings. The normalized spacial score (nSPS) is 19.9. The molecule has 0 saturated heterocycles. The van der Waals surface area contributed by atoms with Gasteiger partial charge in [0.1, 0.15) is 11.5 Å². The maximum Gasteiger partial charge on any atom is 0.119 e. The summed E-state index contributed by atoms with van der Waals surface area (Å²) in [5, 5.41) is 9.69. The van der Waals surface area contributed by atoms with Crippen molar-refractivity contribution in [1.29, 1.82) is 5.26 Å². The van der Waals surface area contributed by atoms with Crippen LogP contribution in [-0.4, -0.2) is 14.2 Å². The molecule has 1 aliphatic carbocycles. The monoisotopic (exact) mass is 293 g/mol. The number of hydrogen-bond acceptors (Lipinski definition) is 3. The molecule has 0 amide bonds. The molecule has 3 heteroatoms. The van der Waals surface area contributed by atoms with Crippen molar-refractivity contribution in [1.82, 2.24) is 0 Å². The first kappa shape index (κ1) is 14.5. The van der Waals surface area contributed by atoms with E-state index in [1.807, 2.05) is 24.3 Å². The first-order chi connectivity index (χ1) is 10.8. The van der Waals surface area contributed by atoms with Gasteiger partial charge in [-0.2, -0.15) is 5.26 Å². The lowest BCUT2D eigenvalue weighted by Crippen LogP contribution is -2.18. The molecule has 0 aliphatic heterocycles. The molecule has 0 N–H and O–H groups in total. The minimum atomic E-state index is -0.108. The number of nitrogens with zero attached hydrogens (tertiary/aromatic N) is 1. The quantitative estimate of drug-likeness (QED) is 0.857. The molecule has 0 fully saturated rings. The Morgan fingerprint density at radius 2 is 1.68 bits per heavy atom. The number of ether oxygens (including phenoxy) is 2. The van der Waals surface area contributed by atoms with Gasteiger partial charge in [0, 0.05) is 5.92 Å². The number of fused-ring (bicyclic) bond motifs is 1. The molecule has 2 aromatic rings. The van der Waals surface area contributed by atoms with E-state index in [0.29, 0.717) is 0 Å². The third-order valence-corrected chi connectivity index (χ3v) is 4.50. The molecule has 0 saturated carbocycles. The van der Waals surface area contributed by atoms with Crippen LogP contribution in [0.5, 0.6) is 11.5 Å². The summed E-state index contributed by atoms with van der Waals surface area (Å²) in [6.45, 7) is 0. The molecule has 2 aromatic carbocycles. The standard InChI is InChI=1S/C19H19NO2/c1-21-15-6-3-13(4-7-15)17-9-5-14-11-16(22-2)8-10-18(14)19(17)12-20/h3-4,6-8,10-11,17,19H,5,9H2,1-2H3. The first-order valence-corrected chi connectivity index (χ1v) is 7.47. The summed E-state index contributed by atoms with van der Waals surface area (Å²) in [4.78, 5) is 0. The van der Waals surface area contributed by atoms with Gasteiger partial charge in [0.25, 0.3) is 0 Å². The van der Waals surface area contributed by atoms with Crippen molar-refractivity contribution in [3.63, 3.8) is 0 Å². The van der Waals surface area contributed by atoms with Gasteiger partial charge in [-0.1, -0.05) is 18.2 Å². The van der Waals surface area contributed by atoms with Gasteiger partial charge >= 0.3 is 0 Å². The maximum atomic E-state index is 9.69. The Kier molecular flexibility index (Phi) is 4.02. The van der Waals surface area contributed by atoms with Crippen molar-refractivity contribution in [2.24, 2.45) is 0 Å². The Bertz CT molecular complexity index is 700. The zero-order chi connectivity index (χ0) is 15.5. The zero-order valence-corrected chi connectivity index (χ0v) is 12.9. The molecule has 2 atom stereocenters. The van der Waals surface area contributed by atoms with Crippen LogP contribution in [0.4, 0.5) is 0 Å². The highest BCUT2D eigenvalue weighted by atomic mass is 16.5. The van der Waals surface area contributed by atoms with E-state index in [2.05, 4.69) is 24.3 Å². The van der Waals surface area contributed by atoms with Gasteiger partial charge in [0.15, 0.2) is 0 Å². The predicted molar refractivity (Wildman–Crippen MR) is 85.4 cm³/mol. The average molecular weight is 293 g/mol. The topological polar surface area (TPSA) is 42.2 Å². The van der Waals surface area contributed by atoms with Crippen molar-refractivity contribution in [2.45, 2.75) is 24.7 Å². The third-order valence-electron chi connectivity index (χ3n) is 4.50. The fourth-order valence-corrected chi connectivity index (χ4v) is 3.29. The molecule has 0 radical (unpaired) electrons. The third kappa shape index (κ3) is 2.53. The fraction of sp³-hybridized carbons (Fsp3) is 0.316. The SMILES string of the molecule is COc1ccc(C2CCc3cc(OC)ccc3C2C#N)cc1. The second-order valence-electron chi connectivity index (χ2n) is 5.59. The van der Waals surface area contributed by atoms with E-state index in [1.54, 1.807) is 14.2 Å². The van der Waals surface area contributed by atoms with Gasteiger partial charge in [-0.3, -0.25) is 0 Å². The van der Waals surface area contributed by atoms with Crippen LogP contribution in [0.1, 0.15) is 34.9 Å². The van der Waals surface area contributed by atoms with Gasteiger partial charge in [-0.25, -0.2) is 0 Å². The molecular formula is C19H19NO2. The van der Waals surface area contributed by atoms with Crippen LogP contribution < -0.4 is 9.47 Å². The smallest absolute Gasteiger partial charge is 0.119 e. The molecule has 22 heavy (non-hydrogen) atoms. The van der Waals surface area contributed by atoms with E-state index < -0.39 is 0 Å². The highest BCUT2D eigenvalue weighted by Gasteiger charge is 2.30. The number of rotatable bonds is 3. The van der Waals surface area contributed by atoms with E-state index in [-0.39, 0.29) is 11.8 Å². The summed E-state index contributed by atoms with van der Waals surface area (Å²) in [5.41, 5.74) is 3.57. The predicted octanol–water partition coefficient (Wildman–Crippen LogP) is 4.04. The Labute approximate surface area is 131 Å². The van der Waals surface area contributed by atoms with E-state index in [0.717, 1.165) is 29.9 Å². The molecular weight excluding hydrogens is 274 g/mol. The minimum Gasteiger partial charge on any atom is -0.497 e. The van der Waals surface area contributed by atoms with E-state index in [4.69, 9.17) is 9.47 Å². The number of benzene rings is 2. The minimum absolute atomic E-state index is 0.108. The largest absolute Gasteiger partial charge is 0.497 e. The molecule has 2 unspecified atom stereocenters. The van der Waals surface area contributed by atoms with Gasteiger partial charge < -0.3 is 9.47 Å². The van der Waals surface area contributed by atoms with Crippen LogP contribution in [0, 0.1) is 11.3 Å². The van der Waals surface area contributed by atoms with Crippen molar-refractivity contribution in [2.75, 3.05) is 14.2 Å². The summed E-state index contributed by atoms with van der Waals surface area (Å²) < 4.78 is 10.5. The molecule has 3 nitrogen and oxygen atoms in total. The van der Waals surface area contributed by atoms with Crippen LogP contribution in [0.15, 0.2) is 42.5 Å². The van der Waals surface area contributed by atoms with E-state index in [9.17, 15) is 5.26 Å². The summed E-state index contributed by atoms with van der Waals surface area (Å²) in [7, 11) is 3.34. The lowest BCUT2D eigenvalue weighted by atomic mass is 9.73. The van der Waals surface area contributed by atoms with Gasteiger partial charge in [-0.05, 0) is 53.8 Å². The number of nitriles is 1. The lowest BCUT2D eigenvalue weighted by molar-refractivity contribution is 0.412. The summed E-state index contributed by atoms with van der Waals surface area (Å²) in [6.07, 6.45) is 1.95. The highest BCUT2D eigenvalue weighted by molar-refractivity contribution is 5.45. The molecule has 112 valence electrons. The van der Waals surface area contributed by atoms with Crippen LogP contribution in [0.3, 0.4) is 0 Å². The van der Waals surface area contributed by atoms with Crippen LogP contribution in [-0.2, 0) is 6.42 Å². The van der Waals surface area contributed by atoms with Crippen molar-refractivity contribution in [3.8, 4) is 17.6 Å². The van der Waals surface area contributed by atoms with Crippen molar-refractivity contribution in [3.05, 3.63) is 59.2 Å². The Morgan fingerprint density at radius 1 is 1.00 bits per heavy atom. The molecule has 0 spiro atoms. The first-order valence-electron chi connectivity index (χ1n) is 7.47. The molecule has 0 aromatic heterocycles. The average Bonchev–Trinajstić information content (AvgIpc) is 2.60. The van der Waals surface area contributed by atoms with Gasteiger partial charge in [0.2, 0.25) is 0 Å². The van der Waals surface area contributed by atoms with Crippen LogP contribution >= 0.6 is 0 Å². The van der Waals surface area contributed by atoms with Gasteiger partial charge in [-0.15, -0.1) is 0 Å². The van der Waals surface area contributed by atoms with E-state index in [1.165, 1.54) is 11.1 Å². The summed E-state index contributed by atoms with van der Waals surface area (Å²) in [5.74, 6) is 1.83. The maximum absolute atomic E-state index is 9.69. The number of hydrogen-bond donors (Lipinski definition) is 0. The Hall–Kier alpha value is -2.47. The number of aryl methyl sites for hydroxylation is 1. The Balaban J connectivity index is 1.95. The van der Waals surface area contributed by atoms with E-state index >= 15 is 0 Å². The number of methoxy groups -OCH3 is 2. The zero-order valence-electron chi connectivity index (χ0n) is 12.9. The van der Waals surface area contributed by atoms with Crippen LogP contribution in [0.25, 0.3) is 0 Å². The fourth-order valence-electron chi connectivity index (χ4n) is 3.29. The summed E-state index contributed by atoms with van der Waals surface area (Å²) in [6, 6.07) is 16.6. The van der Waals surface area contributed by atoms with Gasteiger partial charge in [0.05, 0.1) is 26.2 Å². The second-order valence-corrected chi connectivity index (χ2v) is 5.59. The van der Waals surface area contributed by atoms with Crippen LogP contribution in [0.2, 0.25) is 0 Å². The molecule has 0 heterocycles. The van der Waals surface area contributed by atoms with Crippen molar-refractivity contribution >= 4 is 0 Å². The molecule has 0 bridgehead atoms. The van der Waals surface area contributed by atoms with Crippen molar-refractivity contribution < 1.29 is 9.47 Å². The highest BCUT2D eigenvalue weighted by Crippen LogP contribution is 2.43. The second kappa shape index (κ2) is 6.11. The molecule has 3 rings (SSSR count).